The van der Waals surface area contributed by atoms with Crippen LogP contribution in [0.15, 0.2) is 71.6 Å². The Kier molecular flexibility index (Phi) is 7.16. The van der Waals surface area contributed by atoms with Gasteiger partial charge >= 0.3 is 12.8 Å². The van der Waals surface area contributed by atoms with Gasteiger partial charge in [0.2, 0.25) is 0 Å². The van der Waals surface area contributed by atoms with Crippen molar-refractivity contribution in [3.63, 3.8) is 0 Å². The van der Waals surface area contributed by atoms with Crippen LogP contribution < -0.4 is 9.05 Å². The van der Waals surface area contributed by atoms with Gasteiger partial charge in [-0.1, -0.05) is 36.4 Å². The van der Waals surface area contributed by atoms with E-state index in [9.17, 15) is 9.36 Å². The Labute approximate surface area is 151 Å². The third-order valence-electron chi connectivity index (χ3n) is 2.78. The van der Waals surface area contributed by atoms with E-state index in [0.717, 1.165) is 11.4 Å². The van der Waals surface area contributed by atoms with E-state index in [-0.39, 0.29) is 6.61 Å². The molecule has 0 spiro atoms. The van der Waals surface area contributed by atoms with Crippen molar-refractivity contribution in [2.45, 2.75) is 13.8 Å². The smallest absolute Gasteiger partial charge is 0.463 e. The summed E-state index contributed by atoms with van der Waals surface area (Å²) in [6.45, 7) is -0.0159. The molecule has 25 heavy (non-hydrogen) atoms. The minimum absolute atomic E-state index is 0.270. The van der Waals surface area contributed by atoms with Crippen molar-refractivity contribution in [2.24, 2.45) is 0 Å². The number of benzene rings is 2. The van der Waals surface area contributed by atoms with Gasteiger partial charge < -0.3 is 13.8 Å². The van der Waals surface area contributed by atoms with Crippen LogP contribution in [0.1, 0.15) is 13.8 Å². The van der Waals surface area contributed by atoms with Crippen molar-refractivity contribution < 1.29 is 23.1 Å². The molecule has 0 saturated heterocycles. The summed E-state index contributed by atoms with van der Waals surface area (Å²) in [4.78, 5) is 12.0. The maximum atomic E-state index is 13.2. The van der Waals surface area contributed by atoms with Gasteiger partial charge in [0.15, 0.2) is 0 Å². The van der Waals surface area contributed by atoms with Gasteiger partial charge in [-0.25, -0.2) is 9.36 Å². The summed E-state index contributed by atoms with van der Waals surface area (Å²) in [5.41, 5.74) is 0. The molecule has 2 aromatic carbocycles. The molecule has 0 bridgehead atoms. The van der Waals surface area contributed by atoms with Gasteiger partial charge in [-0.05, 0) is 38.1 Å². The molecule has 0 aromatic heterocycles. The lowest BCUT2D eigenvalue weighted by atomic mass is 10.3. The summed E-state index contributed by atoms with van der Waals surface area (Å²) < 4.78 is 29.3. The molecule has 0 amide bonds. The summed E-state index contributed by atoms with van der Waals surface area (Å²) in [6, 6.07) is 17.5. The number of carbonyl (C=O) groups excluding carboxylic acids is 1. The highest BCUT2D eigenvalue weighted by Crippen LogP contribution is 2.62. The maximum absolute atomic E-state index is 13.2. The van der Waals surface area contributed by atoms with E-state index >= 15 is 0 Å². The summed E-state index contributed by atoms with van der Waals surface area (Å²) >= 11 is 0.862. The van der Waals surface area contributed by atoms with Crippen LogP contribution in [0.2, 0.25) is 0 Å². The van der Waals surface area contributed by atoms with Crippen LogP contribution in [0.4, 0.5) is 0 Å². The number of hydrogen-bond donors (Lipinski definition) is 0. The minimum Gasteiger partial charge on any atom is -0.463 e. The average molecular weight is 378 g/mol. The topological polar surface area (TPSA) is 61.8 Å². The molecule has 0 saturated carbocycles. The van der Waals surface area contributed by atoms with Crippen molar-refractivity contribution in [2.75, 3.05) is 6.61 Å². The summed E-state index contributed by atoms with van der Waals surface area (Å²) in [5.74, 6) is 0.329. The van der Waals surface area contributed by atoms with E-state index in [1.165, 1.54) is 6.08 Å². The second-order valence-electron chi connectivity index (χ2n) is 4.85. The van der Waals surface area contributed by atoms with Crippen LogP contribution in [0.3, 0.4) is 0 Å². The summed E-state index contributed by atoms with van der Waals surface area (Å²) in [5, 5.41) is 0. The predicted octanol–water partition coefficient (Wildman–Crippen LogP) is 5.45. The van der Waals surface area contributed by atoms with Crippen LogP contribution in [0.25, 0.3) is 0 Å². The quantitative estimate of drug-likeness (QED) is 0.346. The minimum atomic E-state index is -3.65. The molecule has 0 N–H and O–H groups in total. The third-order valence-corrected chi connectivity index (χ3v) is 6.26. The van der Waals surface area contributed by atoms with Gasteiger partial charge in [0.1, 0.15) is 11.5 Å². The average Bonchev–Trinajstić information content (AvgIpc) is 2.56. The zero-order chi connectivity index (χ0) is 18.1. The summed E-state index contributed by atoms with van der Waals surface area (Å²) in [6.07, 6.45) is 1.27. The van der Waals surface area contributed by atoms with Crippen molar-refractivity contribution >= 4 is 24.1 Å². The number of ether oxygens (including phenoxy) is 1. The fourth-order valence-electron chi connectivity index (χ4n) is 1.83. The highest BCUT2D eigenvalue weighted by atomic mass is 32.7. The normalized spacial score (nSPS) is 11.7. The highest BCUT2D eigenvalue weighted by Gasteiger charge is 2.31. The van der Waals surface area contributed by atoms with Gasteiger partial charge in [-0.2, -0.15) is 0 Å². The first-order chi connectivity index (χ1) is 12.0. The SMILES string of the molecule is CCOC(=O)/C=C(/C)SP(=O)(Oc1ccccc1)Oc1ccccc1. The molecule has 0 aliphatic carbocycles. The molecule has 2 aromatic rings. The molecule has 0 atom stereocenters. The molecular formula is C18H19O5PS. The number of allylic oxidation sites excluding steroid dienone is 1. The van der Waals surface area contributed by atoms with Gasteiger partial charge in [0.25, 0.3) is 0 Å². The Morgan fingerprint density at radius 3 is 1.92 bits per heavy atom. The Morgan fingerprint density at radius 1 is 1.00 bits per heavy atom. The number of carbonyl (C=O) groups is 1. The summed E-state index contributed by atoms with van der Waals surface area (Å²) in [7, 11) is 0. The molecule has 0 unspecified atom stereocenters. The second kappa shape index (κ2) is 9.35. The molecule has 5 nitrogen and oxygen atoms in total. The van der Waals surface area contributed by atoms with Crippen molar-refractivity contribution in [1.29, 1.82) is 0 Å². The van der Waals surface area contributed by atoms with Gasteiger partial charge in [-0.15, -0.1) is 0 Å². The van der Waals surface area contributed by atoms with Gasteiger partial charge in [-0.3, -0.25) is 0 Å². The molecule has 132 valence electrons. The molecule has 0 aliphatic heterocycles. The number of para-hydroxylation sites is 2. The lowest BCUT2D eigenvalue weighted by Crippen LogP contribution is -2.01. The maximum Gasteiger partial charge on any atom is 0.497 e. The van der Waals surface area contributed by atoms with E-state index in [0.29, 0.717) is 16.4 Å². The monoisotopic (exact) mass is 378 g/mol. The lowest BCUT2D eigenvalue weighted by Gasteiger charge is -2.19. The molecule has 0 heterocycles. The van der Waals surface area contributed by atoms with Crippen LogP contribution in [0, 0.1) is 0 Å². The van der Waals surface area contributed by atoms with E-state index in [1.54, 1.807) is 62.4 Å². The number of hydrogen-bond acceptors (Lipinski definition) is 6. The molecule has 7 heteroatoms. The predicted molar refractivity (Wildman–Crippen MR) is 99.7 cm³/mol. The second-order valence-corrected chi connectivity index (χ2v) is 8.83. The van der Waals surface area contributed by atoms with Crippen LogP contribution in [-0.2, 0) is 14.1 Å². The van der Waals surface area contributed by atoms with E-state index < -0.39 is 12.8 Å². The van der Waals surface area contributed by atoms with Crippen molar-refractivity contribution in [1.82, 2.24) is 0 Å². The first kappa shape index (κ1) is 19.2. The lowest BCUT2D eigenvalue weighted by molar-refractivity contribution is -0.137. The first-order valence-corrected chi connectivity index (χ1v) is 10.6. The number of rotatable bonds is 8. The zero-order valence-electron chi connectivity index (χ0n) is 14.0. The molecule has 2 rings (SSSR count). The van der Waals surface area contributed by atoms with E-state index in [1.807, 2.05) is 12.1 Å². The molecule has 0 aliphatic rings. The van der Waals surface area contributed by atoms with E-state index in [4.69, 9.17) is 13.8 Å². The Morgan fingerprint density at radius 2 is 1.48 bits per heavy atom. The van der Waals surface area contributed by atoms with Gasteiger partial charge in [0, 0.05) is 22.4 Å². The Balaban J connectivity index is 2.22. The van der Waals surface area contributed by atoms with E-state index in [2.05, 4.69) is 0 Å². The fourth-order valence-corrected chi connectivity index (χ4v) is 5.16. The van der Waals surface area contributed by atoms with Crippen LogP contribution in [0.5, 0.6) is 11.5 Å². The molecular weight excluding hydrogens is 359 g/mol. The van der Waals surface area contributed by atoms with Crippen molar-refractivity contribution in [3.8, 4) is 11.5 Å². The molecule has 0 radical (unpaired) electrons. The zero-order valence-corrected chi connectivity index (χ0v) is 15.7. The van der Waals surface area contributed by atoms with Crippen LogP contribution in [-0.4, -0.2) is 12.6 Å². The third kappa shape index (κ3) is 6.69. The fraction of sp³-hybridized carbons (Fsp3) is 0.167. The Bertz CT molecular complexity index is 716. The first-order valence-electron chi connectivity index (χ1n) is 7.65. The largest absolute Gasteiger partial charge is 0.497 e. The Hall–Kier alpha value is -2.17. The number of esters is 1. The van der Waals surface area contributed by atoms with Crippen molar-refractivity contribution in [3.05, 3.63) is 71.6 Å². The van der Waals surface area contributed by atoms with Gasteiger partial charge in [0.05, 0.1) is 6.61 Å². The highest BCUT2D eigenvalue weighted by molar-refractivity contribution is 8.57. The van der Waals surface area contributed by atoms with Crippen LogP contribution >= 0.6 is 18.2 Å². The molecule has 0 fully saturated rings. The standard InChI is InChI=1S/C18H19O5PS/c1-3-21-18(19)14-15(2)25-24(20,22-16-10-6-4-7-11-16)23-17-12-8-5-9-13-17/h4-14H,3H2,1-2H3/b15-14-.